The molecule has 0 spiro atoms. The molecule has 2 aliphatic heterocycles. The van der Waals surface area contributed by atoms with Gasteiger partial charge in [0.2, 0.25) is 17.7 Å². The molecule has 0 aliphatic carbocycles. The largest absolute Gasteiger partial charge is 0.342 e. The zero-order valence-corrected chi connectivity index (χ0v) is 13.9. The van der Waals surface area contributed by atoms with E-state index >= 15 is 0 Å². The minimum absolute atomic E-state index is 0.00249. The molecule has 22 heavy (non-hydrogen) atoms. The minimum atomic E-state index is -0.202. The van der Waals surface area contributed by atoms with Crippen LogP contribution in [0.15, 0.2) is 0 Å². The zero-order valence-electron chi connectivity index (χ0n) is 13.9. The van der Waals surface area contributed by atoms with E-state index in [-0.39, 0.29) is 29.6 Å². The van der Waals surface area contributed by atoms with Gasteiger partial charge in [-0.1, -0.05) is 20.8 Å². The third-order valence-corrected chi connectivity index (χ3v) is 4.45. The van der Waals surface area contributed by atoms with Crippen LogP contribution < -0.4 is 0 Å². The van der Waals surface area contributed by atoms with E-state index in [1.807, 2.05) is 30.6 Å². The molecule has 124 valence electrons. The fourth-order valence-electron chi connectivity index (χ4n) is 3.19. The van der Waals surface area contributed by atoms with Crippen LogP contribution in [0.4, 0.5) is 0 Å². The van der Waals surface area contributed by atoms with Crippen molar-refractivity contribution in [3.63, 3.8) is 0 Å². The van der Waals surface area contributed by atoms with Crippen LogP contribution in [0, 0.1) is 11.8 Å². The molecule has 1 unspecified atom stereocenters. The van der Waals surface area contributed by atoms with E-state index in [0.29, 0.717) is 39.1 Å². The first-order valence-corrected chi connectivity index (χ1v) is 8.29. The Labute approximate surface area is 132 Å². The van der Waals surface area contributed by atoms with E-state index in [1.54, 1.807) is 4.90 Å². The van der Waals surface area contributed by atoms with Crippen LogP contribution in [0.3, 0.4) is 0 Å². The number of rotatable bonds is 4. The second-order valence-corrected chi connectivity index (χ2v) is 6.55. The Bertz CT molecular complexity index is 442. The molecule has 2 aliphatic rings. The Morgan fingerprint density at radius 1 is 1.14 bits per heavy atom. The lowest BCUT2D eigenvalue weighted by atomic mass is 10.1. The summed E-state index contributed by atoms with van der Waals surface area (Å²) in [5.74, 6) is 0.110. The van der Waals surface area contributed by atoms with Crippen molar-refractivity contribution in [3.8, 4) is 0 Å². The van der Waals surface area contributed by atoms with Crippen molar-refractivity contribution >= 4 is 17.7 Å². The molecule has 0 aromatic carbocycles. The van der Waals surface area contributed by atoms with Gasteiger partial charge in [0, 0.05) is 51.6 Å². The highest BCUT2D eigenvalue weighted by Gasteiger charge is 2.37. The Hall–Kier alpha value is -1.59. The molecule has 2 saturated heterocycles. The molecule has 0 saturated carbocycles. The lowest BCUT2D eigenvalue weighted by Gasteiger charge is -2.36. The number of carbonyl (C=O) groups is 3. The summed E-state index contributed by atoms with van der Waals surface area (Å²) >= 11 is 0. The van der Waals surface area contributed by atoms with Crippen molar-refractivity contribution < 1.29 is 14.4 Å². The molecule has 0 N–H and O–H groups in total. The SMILES string of the molecule is CCCN1CC(C(=O)N2CCN(C(=O)C(C)C)CC2)CC1=O. The van der Waals surface area contributed by atoms with Crippen molar-refractivity contribution in [3.05, 3.63) is 0 Å². The summed E-state index contributed by atoms with van der Waals surface area (Å²) < 4.78 is 0. The van der Waals surface area contributed by atoms with Gasteiger partial charge in [-0.05, 0) is 6.42 Å². The summed E-state index contributed by atoms with van der Waals surface area (Å²) in [5, 5.41) is 0. The van der Waals surface area contributed by atoms with Crippen molar-refractivity contribution in [2.24, 2.45) is 11.8 Å². The number of carbonyl (C=O) groups excluding carboxylic acids is 3. The number of amides is 3. The van der Waals surface area contributed by atoms with E-state index in [1.165, 1.54) is 0 Å². The highest BCUT2D eigenvalue weighted by molar-refractivity contribution is 5.89. The van der Waals surface area contributed by atoms with Crippen molar-refractivity contribution in [1.29, 1.82) is 0 Å². The number of nitrogens with zero attached hydrogens (tertiary/aromatic N) is 3. The second-order valence-electron chi connectivity index (χ2n) is 6.55. The first-order chi connectivity index (χ1) is 10.4. The summed E-state index contributed by atoms with van der Waals surface area (Å²) in [6.45, 7) is 9.47. The molecular weight excluding hydrogens is 282 g/mol. The van der Waals surface area contributed by atoms with Gasteiger partial charge in [-0.2, -0.15) is 0 Å². The van der Waals surface area contributed by atoms with Gasteiger partial charge in [0.25, 0.3) is 0 Å². The van der Waals surface area contributed by atoms with Gasteiger partial charge in [0.05, 0.1) is 5.92 Å². The molecule has 0 aromatic heterocycles. The average Bonchev–Trinajstić information content (AvgIpc) is 2.87. The van der Waals surface area contributed by atoms with Gasteiger partial charge in [0.1, 0.15) is 0 Å². The summed E-state index contributed by atoms with van der Waals surface area (Å²) in [6.07, 6.45) is 1.26. The Kier molecular flexibility index (Phi) is 5.42. The average molecular weight is 309 g/mol. The predicted octanol–water partition coefficient (Wildman–Crippen LogP) is 0.572. The molecule has 0 bridgehead atoms. The summed E-state index contributed by atoms with van der Waals surface area (Å²) in [6, 6.07) is 0. The molecule has 2 fully saturated rings. The summed E-state index contributed by atoms with van der Waals surface area (Å²) in [7, 11) is 0. The third kappa shape index (κ3) is 3.59. The maximum Gasteiger partial charge on any atom is 0.228 e. The number of piperazine rings is 1. The zero-order chi connectivity index (χ0) is 16.3. The standard InChI is InChI=1S/C16H27N3O3/c1-4-5-19-11-13(10-14(19)20)16(22)18-8-6-17(7-9-18)15(21)12(2)3/h12-13H,4-11H2,1-3H3. The van der Waals surface area contributed by atoms with E-state index in [0.717, 1.165) is 13.0 Å². The number of hydrogen-bond acceptors (Lipinski definition) is 3. The number of hydrogen-bond donors (Lipinski definition) is 0. The van der Waals surface area contributed by atoms with Crippen molar-refractivity contribution in [2.75, 3.05) is 39.3 Å². The first kappa shape index (κ1) is 16.8. The fraction of sp³-hybridized carbons (Fsp3) is 0.812. The first-order valence-electron chi connectivity index (χ1n) is 8.29. The van der Waals surface area contributed by atoms with Crippen LogP contribution in [0.5, 0.6) is 0 Å². The van der Waals surface area contributed by atoms with Crippen LogP contribution in [-0.2, 0) is 14.4 Å². The molecule has 2 heterocycles. The minimum Gasteiger partial charge on any atom is -0.342 e. The van der Waals surface area contributed by atoms with E-state index in [9.17, 15) is 14.4 Å². The quantitative estimate of drug-likeness (QED) is 0.763. The van der Waals surface area contributed by atoms with Gasteiger partial charge in [-0.25, -0.2) is 0 Å². The van der Waals surface area contributed by atoms with E-state index in [4.69, 9.17) is 0 Å². The Morgan fingerprint density at radius 3 is 2.27 bits per heavy atom. The predicted molar refractivity (Wildman–Crippen MR) is 83.0 cm³/mol. The molecule has 0 aromatic rings. The molecule has 6 heteroatoms. The molecule has 2 rings (SSSR count). The fourth-order valence-corrected chi connectivity index (χ4v) is 3.19. The monoisotopic (exact) mass is 309 g/mol. The summed E-state index contributed by atoms with van der Waals surface area (Å²) in [4.78, 5) is 41.8. The van der Waals surface area contributed by atoms with E-state index in [2.05, 4.69) is 0 Å². The molecule has 1 atom stereocenters. The van der Waals surface area contributed by atoms with Crippen molar-refractivity contribution in [2.45, 2.75) is 33.6 Å². The maximum absolute atomic E-state index is 12.5. The second kappa shape index (κ2) is 7.11. The smallest absolute Gasteiger partial charge is 0.228 e. The number of likely N-dealkylation sites (tertiary alicyclic amines) is 1. The van der Waals surface area contributed by atoms with Crippen LogP contribution in [0.1, 0.15) is 33.6 Å². The van der Waals surface area contributed by atoms with Gasteiger partial charge in [0.15, 0.2) is 0 Å². The molecular formula is C16H27N3O3. The van der Waals surface area contributed by atoms with Gasteiger partial charge >= 0.3 is 0 Å². The van der Waals surface area contributed by atoms with Gasteiger partial charge in [-0.15, -0.1) is 0 Å². The highest BCUT2D eigenvalue weighted by Crippen LogP contribution is 2.21. The van der Waals surface area contributed by atoms with Crippen LogP contribution in [0.25, 0.3) is 0 Å². The Balaban J connectivity index is 1.85. The van der Waals surface area contributed by atoms with Crippen LogP contribution >= 0.6 is 0 Å². The molecule has 3 amide bonds. The molecule has 6 nitrogen and oxygen atoms in total. The van der Waals surface area contributed by atoms with Crippen LogP contribution in [-0.4, -0.2) is 71.7 Å². The van der Waals surface area contributed by atoms with Gasteiger partial charge in [-0.3, -0.25) is 14.4 Å². The van der Waals surface area contributed by atoms with E-state index < -0.39 is 0 Å². The van der Waals surface area contributed by atoms with Crippen molar-refractivity contribution in [1.82, 2.24) is 14.7 Å². The lowest BCUT2D eigenvalue weighted by Crippen LogP contribution is -2.53. The third-order valence-electron chi connectivity index (χ3n) is 4.45. The van der Waals surface area contributed by atoms with Gasteiger partial charge < -0.3 is 14.7 Å². The summed E-state index contributed by atoms with van der Waals surface area (Å²) in [5.41, 5.74) is 0. The molecule has 0 radical (unpaired) electrons. The lowest BCUT2D eigenvalue weighted by molar-refractivity contribution is -0.143. The van der Waals surface area contributed by atoms with Crippen LogP contribution in [0.2, 0.25) is 0 Å². The highest BCUT2D eigenvalue weighted by atomic mass is 16.2. The maximum atomic E-state index is 12.5. The normalized spacial score (nSPS) is 22.6. The topological polar surface area (TPSA) is 60.9 Å². The Morgan fingerprint density at radius 2 is 1.73 bits per heavy atom.